The molecule has 2 aromatic heterocycles. The highest BCUT2D eigenvalue weighted by molar-refractivity contribution is 9.10. The van der Waals surface area contributed by atoms with E-state index in [-0.39, 0.29) is 22.8 Å². The number of hydrazine groups is 1. The van der Waals surface area contributed by atoms with E-state index in [0.717, 1.165) is 11.3 Å². The van der Waals surface area contributed by atoms with Crippen molar-refractivity contribution in [2.75, 3.05) is 16.3 Å². The van der Waals surface area contributed by atoms with E-state index in [1.165, 1.54) is 12.3 Å². The van der Waals surface area contributed by atoms with Gasteiger partial charge >= 0.3 is 0 Å². The number of hydrogen-bond donors (Lipinski definition) is 3. The van der Waals surface area contributed by atoms with Crippen molar-refractivity contribution in [3.05, 3.63) is 68.2 Å². The summed E-state index contributed by atoms with van der Waals surface area (Å²) in [5.41, 5.74) is 11.5. The summed E-state index contributed by atoms with van der Waals surface area (Å²) in [6.07, 6.45) is 1.42. The molecule has 0 unspecified atom stereocenters. The van der Waals surface area contributed by atoms with Crippen LogP contribution < -0.4 is 16.3 Å². The van der Waals surface area contributed by atoms with Gasteiger partial charge < -0.3 is 0 Å². The Labute approximate surface area is 183 Å². The zero-order valence-electron chi connectivity index (χ0n) is 15.9. The molecule has 0 spiro atoms. The van der Waals surface area contributed by atoms with Gasteiger partial charge in [-0.05, 0) is 51.4 Å². The molecule has 4 aromatic rings. The smallest absolute Gasteiger partial charge is 0.284 e. The van der Waals surface area contributed by atoms with E-state index >= 15 is 0 Å². The number of nitro benzene ring substituents is 1. The highest BCUT2D eigenvalue weighted by Crippen LogP contribution is 2.25. The summed E-state index contributed by atoms with van der Waals surface area (Å²) in [7, 11) is 0. The third-order valence-electron chi connectivity index (χ3n) is 4.04. The lowest BCUT2D eigenvalue weighted by molar-refractivity contribution is -0.385. The number of nitrogens with one attached hydrogen (secondary N) is 3. The molecule has 0 aliphatic rings. The number of hydrazone groups is 1. The molecule has 13 heteroatoms. The van der Waals surface area contributed by atoms with Crippen LogP contribution in [0.3, 0.4) is 0 Å². The fraction of sp³-hybridized carbons (Fsp3) is 0.0556. The number of anilines is 3. The van der Waals surface area contributed by atoms with Crippen LogP contribution in [-0.4, -0.2) is 31.4 Å². The standard InChI is InChI=1S/C18H14BrN9O3/c1-10-2-5-12(6-3-10)23-25-16-15(21-17-18(22-16)27-31-26-17)24-20-9-11-4-7-13(19)14(8-11)28(29)30/h2-9,23H,1H3,(H,21,24,26)(H,22,25,27)/b20-9+. The van der Waals surface area contributed by atoms with E-state index in [9.17, 15) is 10.1 Å². The Morgan fingerprint density at radius 1 is 1.06 bits per heavy atom. The number of rotatable bonds is 7. The summed E-state index contributed by atoms with van der Waals surface area (Å²) in [4.78, 5) is 19.2. The van der Waals surface area contributed by atoms with Gasteiger partial charge in [0.1, 0.15) is 0 Å². The number of aryl methyl sites for hydroxylation is 1. The number of halogens is 1. The third kappa shape index (κ3) is 4.72. The summed E-state index contributed by atoms with van der Waals surface area (Å²) < 4.78 is 5.04. The molecular weight excluding hydrogens is 470 g/mol. The van der Waals surface area contributed by atoms with Crippen molar-refractivity contribution in [3.63, 3.8) is 0 Å². The van der Waals surface area contributed by atoms with Crippen LogP contribution in [0.15, 0.2) is 56.7 Å². The molecule has 156 valence electrons. The Kier molecular flexibility index (Phi) is 5.66. The largest absolute Gasteiger partial charge is 0.300 e. The predicted molar refractivity (Wildman–Crippen MR) is 118 cm³/mol. The first-order chi connectivity index (χ1) is 15.0. The first-order valence-electron chi connectivity index (χ1n) is 8.81. The van der Waals surface area contributed by atoms with E-state index in [0.29, 0.717) is 15.9 Å². The summed E-state index contributed by atoms with van der Waals surface area (Å²) in [6.45, 7) is 1.99. The van der Waals surface area contributed by atoms with Gasteiger partial charge in [-0.1, -0.05) is 23.8 Å². The zero-order valence-corrected chi connectivity index (χ0v) is 17.5. The van der Waals surface area contributed by atoms with Crippen molar-refractivity contribution < 1.29 is 9.55 Å². The zero-order chi connectivity index (χ0) is 21.8. The number of benzene rings is 2. The normalized spacial score (nSPS) is 11.0. The van der Waals surface area contributed by atoms with E-state index in [1.807, 2.05) is 31.2 Å². The summed E-state index contributed by atoms with van der Waals surface area (Å²) in [6, 6.07) is 12.4. The summed E-state index contributed by atoms with van der Waals surface area (Å²) in [5.74, 6) is 0.536. The maximum Gasteiger partial charge on any atom is 0.284 e. The van der Waals surface area contributed by atoms with Crippen LogP contribution in [-0.2, 0) is 0 Å². The molecule has 0 saturated carbocycles. The van der Waals surface area contributed by atoms with Gasteiger partial charge in [-0.15, -0.1) is 0 Å². The van der Waals surface area contributed by atoms with Crippen LogP contribution >= 0.6 is 15.9 Å². The maximum absolute atomic E-state index is 11.1. The molecule has 0 atom stereocenters. The lowest BCUT2D eigenvalue weighted by Gasteiger charge is -2.11. The van der Waals surface area contributed by atoms with E-state index in [4.69, 9.17) is 0 Å². The molecule has 0 aliphatic carbocycles. The third-order valence-corrected chi connectivity index (χ3v) is 4.71. The molecular formula is C18H14BrN9O3. The van der Waals surface area contributed by atoms with Gasteiger partial charge in [-0.3, -0.25) is 26.4 Å². The van der Waals surface area contributed by atoms with E-state index in [2.05, 4.69) is 62.2 Å². The highest BCUT2D eigenvalue weighted by Gasteiger charge is 2.13. The molecule has 0 radical (unpaired) electrons. The monoisotopic (exact) mass is 483 g/mol. The van der Waals surface area contributed by atoms with Gasteiger partial charge in [0.05, 0.1) is 21.3 Å². The van der Waals surface area contributed by atoms with Crippen molar-refractivity contribution in [3.8, 4) is 0 Å². The van der Waals surface area contributed by atoms with Crippen LogP contribution in [0.1, 0.15) is 11.1 Å². The summed E-state index contributed by atoms with van der Waals surface area (Å²) >= 11 is 3.15. The Hall–Kier alpha value is -4.13. The van der Waals surface area contributed by atoms with Crippen molar-refractivity contribution >= 4 is 56.4 Å². The molecule has 0 fully saturated rings. The Balaban J connectivity index is 1.55. The van der Waals surface area contributed by atoms with Gasteiger partial charge in [-0.2, -0.15) is 15.1 Å². The molecule has 2 aromatic carbocycles. The number of aromatic nitrogens is 4. The van der Waals surface area contributed by atoms with Crippen LogP contribution in [0.2, 0.25) is 0 Å². The average molecular weight is 484 g/mol. The van der Waals surface area contributed by atoms with Crippen molar-refractivity contribution in [2.45, 2.75) is 6.92 Å². The van der Waals surface area contributed by atoms with Gasteiger partial charge in [0.2, 0.25) is 11.3 Å². The number of nitro groups is 1. The summed E-state index contributed by atoms with van der Waals surface area (Å²) in [5, 5.41) is 22.5. The Morgan fingerprint density at radius 2 is 1.77 bits per heavy atom. The predicted octanol–water partition coefficient (Wildman–Crippen LogP) is 3.88. The number of nitrogens with zero attached hydrogens (tertiary/aromatic N) is 6. The van der Waals surface area contributed by atoms with Crippen LogP contribution in [0.5, 0.6) is 0 Å². The fourth-order valence-corrected chi connectivity index (χ4v) is 2.88. The number of hydrogen-bond acceptors (Lipinski definition) is 11. The minimum absolute atomic E-state index is 0.0662. The van der Waals surface area contributed by atoms with Crippen LogP contribution in [0, 0.1) is 17.0 Å². The van der Waals surface area contributed by atoms with Crippen LogP contribution in [0.25, 0.3) is 11.3 Å². The molecule has 0 bridgehead atoms. The maximum atomic E-state index is 11.1. The average Bonchev–Trinajstić information content (AvgIpc) is 3.21. The second-order valence-electron chi connectivity index (χ2n) is 6.29. The Morgan fingerprint density at radius 3 is 2.48 bits per heavy atom. The SMILES string of the molecule is Cc1ccc(NNc2nc3nonc3nc2N/N=C/c2ccc(Br)c([N+](=O)[O-])c2)cc1. The van der Waals surface area contributed by atoms with Crippen molar-refractivity contribution in [2.24, 2.45) is 5.10 Å². The first-order valence-corrected chi connectivity index (χ1v) is 9.61. The molecule has 0 saturated heterocycles. The minimum Gasteiger partial charge on any atom is -0.300 e. The lowest BCUT2D eigenvalue weighted by Crippen LogP contribution is -2.13. The lowest BCUT2D eigenvalue weighted by atomic mass is 10.2. The van der Waals surface area contributed by atoms with E-state index < -0.39 is 4.92 Å². The highest BCUT2D eigenvalue weighted by atomic mass is 79.9. The molecule has 12 nitrogen and oxygen atoms in total. The molecule has 0 amide bonds. The van der Waals surface area contributed by atoms with Crippen molar-refractivity contribution in [1.82, 2.24) is 20.3 Å². The topological polar surface area (TPSA) is 156 Å². The molecule has 4 rings (SSSR count). The molecule has 31 heavy (non-hydrogen) atoms. The molecule has 0 aliphatic heterocycles. The van der Waals surface area contributed by atoms with Crippen LogP contribution in [0.4, 0.5) is 23.0 Å². The van der Waals surface area contributed by atoms with E-state index in [1.54, 1.807) is 12.1 Å². The Bertz CT molecular complexity index is 1270. The van der Waals surface area contributed by atoms with Gasteiger partial charge in [0, 0.05) is 11.6 Å². The molecule has 2 heterocycles. The molecule has 3 N–H and O–H groups in total. The first kappa shape index (κ1) is 20.2. The second kappa shape index (κ2) is 8.71. The second-order valence-corrected chi connectivity index (χ2v) is 7.14. The fourth-order valence-electron chi connectivity index (χ4n) is 2.49. The number of fused-ring (bicyclic) bond motifs is 1. The van der Waals surface area contributed by atoms with Crippen molar-refractivity contribution in [1.29, 1.82) is 0 Å². The minimum atomic E-state index is -0.482. The van der Waals surface area contributed by atoms with Gasteiger partial charge in [0.15, 0.2) is 11.6 Å². The quantitative estimate of drug-likeness (QED) is 0.200. The van der Waals surface area contributed by atoms with Gasteiger partial charge in [-0.25, -0.2) is 4.63 Å². The van der Waals surface area contributed by atoms with Gasteiger partial charge in [0.25, 0.3) is 5.69 Å².